The maximum absolute atomic E-state index is 12.3. The number of esters is 1. The molecule has 0 bridgehead atoms. The molecule has 0 aliphatic heterocycles. The molecule has 0 saturated heterocycles. The van der Waals surface area contributed by atoms with E-state index in [1.54, 1.807) is 36.4 Å². The van der Waals surface area contributed by atoms with Crippen LogP contribution in [0.15, 0.2) is 40.8 Å². The Kier molecular flexibility index (Phi) is 8.51. The van der Waals surface area contributed by atoms with Crippen LogP contribution in [0.3, 0.4) is 0 Å². The number of nitrogens with zero attached hydrogens (tertiary/aromatic N) is 2. The van der Waals surface area contributed by atoms with Gasteiger partial charge in [-0.1, -0.05) is 19.8 Å². The van der Waals surface area contributed by atoms with E-state index in [0.717, 1.165) is 25.0 Å². The van der Waals surface area contributed by atoms with Gasteiger partial charge in [-0.15, -0.1) is 10.2 Å². The van der Waals surface area contributed by atoms with Crippen molar-refractivity contribution in [3.05, 3.63) is 47.9 Å². The third kappa shape index (κ3) is 6.15. The highest BCUT2D eigenvalue weighted by atomic mass is 16.5. The highest BCUT2D eigenvalue weighted by Gasteiger charge is 2.18. The van der Waals surface area contributed by atoms with Crippen molar-refractivity contribution in [3.63, 3.8) is 0 Å². The second kappa shape index (κ2) is 11.8. The van der Waals surface area contributed by atoms with E-state index in [4.69, 9.17) is 28.1 Å². The third-order valence-electron chi connectivity index (χ3n) is 4.81. The van der Waals surface area contributed by atoms with Gasteiger partial charge >= 0.3 is 5.97 Å². The quantitative estimate of drug-likeness (QED) is 0.284. The van der Waals surface area contributed by atoms with E-state index < -0.39 is 5.97 Å². The summed E-state index contributed by atoms with van der Waals surface area (Å²) >= 11 is 0. The summed E-state index contributed by atoms with van der Waals surface area (Å²) in [7, 11) is 4.56. The van der Waals surface area contributed by atoms with Crippen LogP contribution in [-0.4, -0.2) is 44.1 Å². The molecule has 0 amide bonds. The first kappa shape index (κ1) is 23.9. The van der Waals surface area contributed by atoms with Crippen LogP contribution in [0.4, 0.5) is 0 Å². The molecule has 33 heavy (non-hydrogen) atoms. The molecule has 0 saturated carbocycles. The summed E-state index contributed by atoms with van der Waals surface area (Å²) in [6.07, 6.45) is 3.27. The van der Waals surface area contributed by atoms with Crippen molar-refractivity contribution in [2.45, 2.75) is 32.8 Å². The molecule has 1 aromatic heterocycles. The number of hydrogen-bond donors (Lipinski definition) is 0. The predicted molar refractivity (Wildman–Crippen MR) is 120 cm³/mol. The second-order valence-corrected chi connectivity index (χ2v) is 7.07. The molecule has 0 N–H and O–H groups in total. The van der Waals surface area contributed by atoms with Crippen LogP contribution in [0.2, 0.25) is 0 Å². The number of methoxy groups -OCH3 is 3. The molecule has 3 rings (SSSR count). The number of carbonyl (C=O) groups is 1. The molecule has 9 heteroatoms. The van der Waals surface area contributed by atoms with Gasteiger partial charge in [0, 0.05) is 5.56 Å². The topological polar surface area (TPSA) is 102 Å². The maximum atomic E-state index is 12.3. The number of benzene rings is 2. The largest absolute Gasteiger partial charge is 0.494 e. The number of aromatic nitrogens is 2. The van der Waals surface area contributed by atoms with Crippen LogP contribution in [0.25, 0.3) is 11.5 Å². The fourth-order valence-corrected chi connectivity index (χ4v) is 3.07. The van der Waals surface area contributed by atoms with Crippen LogP contribution in [0.1, 0.15) is 42.4 Å². The summed E-state index contributed by atoms with van der Waals surface area (Å²) in [6.45, 7) is 2.64. The highest BCUT2D eigenvalue weighted by molar-refractivity contribution is 5.89. The predicted octanol–water partition coefficient (Wildman–Crippen LogP) is 4.69. The van der Waals surface area contributed by atoms with Gasteiger partial charge in [0.2, 0.25) is 11.6 Å². The van der Waals surface area contributed by atoms with Crippen molar-refractivity contribution in [1.82, 2.24) is 10.2 Å². The van der Waals surface area contributed by atoms with E-state index in [-0.39, 0.29) is 18.4 Å². The van der Waals surface area contributed by atoms with Crippen molar-refractivity contribution in [1.29, 1.82) is 0 Å². The van der Waals surface area contributed by atoms with Crippen LogP contribution < -0.4 is 18.9 Å². The van der Waals surface area contributed by atoms with Gasteiger partial charge in [0.1, 0.15) is 5.75 Å². The fraction of sp³-hybridized carbons (Fsp3) is 0.375. The summed E-state index contributed by atoms with van der Waals surface area (Å²) in [5.74, 6) is 1.96. The van der Waals surface area contributed by atoms with E-state index in [1.807, 2.05) is 0 Å². The summed E-state index contributed by atoms with van der Waals surface area (Å²) in [4.78, 5) is 12.3. The third-order valence-corrected chi connectivity index (χ3v) is 4.81. The average Bonchev–Trinajstić information content (AvgIpc) is 3.33. The van der Waals surface area contributed by atoms with Crippen LogP contribution >= 0.6 is 0 Å². The van der Waals surface area contributed by atoms with Crippen molar-refractivity contribution in [3.8, 4) is 34.5 Å². The van der Waals surface area contributed by atoms with E-state index in [9.17, 15) is 4.79 Å². The normalized spacial score (nSPS) is 10.5. The summed E-state index contributed by atoms with van der Waals surface area (Å²) in [5, 5.41) is 7.97. The van der Waals surface area contributed by atoms with Crippen molar-refractivity contribution < 1.29 is 32.9 Å². The van der Waals surface area contributed by atoms with Crippen molar-refractivity contribution in [2.24, 2.45) is 0 Å². The molecule has 2 aromatic carbocycles. The Bertz CT molecular complexity index is 1020. The molecule has 1 heterocycles. The first-order valence-corrected chi connectivity index (χ1v) is 10.6. The molecule has 0 unspecified atom stereocenters. The SMILES string of the molecule is CCCCCOc1ccc(C(=O)OCc2nnc(-c3cc(OC)c(OC)c(OC)c3)o2)cc1. The summed E-state index contributed by atoms with van der Waals surface area (Å²) in [5.41, 5.74) is 0.976. The zero-order chi connectivity index (χ0) is 23.6. The standard InChI is InChI=1S/C24H28N2O7/c1-5-6-7-12-31-18-10-8-16(9-11-18)24(27)32-15-21-25-26-23(33-21)17-13-19(28-2)22(30-4)20(14-17)29-3/h8-11,13-14H,5-7,12,15H2,1-4H3. The number of carbonyl (C=O) groups excluding carboxylic acids is 1. The Morgan fingerprint density at radius 3 is 2.24 bits per heavy atom. The molecule has 3 aromatic rings. The second-order valence-electron chi connectivity index (χ2n) is 7.07. The lowest BCUT2D eigenvalue weighted by Gasteiger charge is -2.12. The van der Waals surface area contributed by atoms with Gasteiger partial charge in [-0.25, -0.2) is 4.79 Å². The summed E-state index contributed by atoms with van der Waals surface area (Å²) in [6, 6.07) is 10.2. The maximum Gasteiger partial charge on any atom is 0.338 e. The minimum atomic E-state index is -0.500. The van der Waals surface area contributed by atoms with Gasteiger partial charge in [-0.3, -0.25) is 0 Å². The molecular weight excluding hydrogens is 428 g/mol. The Morgan fingerprint density at radius 1 is 0.939 bits per heavy atom. The molecule has 9 nitrogen and oxygen atoms in total. The van der Waals surface area contributed by atoms with Crippen LogP contribution in [0, 0.1) is 0 Å². The molecule has 0 spiro atoms. The van der Waals surface area contributed by atoms with E-state index in [0.29, 0.717) is 35.0 Å². The van der Waals surface area contributed by atoms with Crippen molar-refractivity contribution in [2.75, 3.05) is 27.9 Å². The minimum Gasteiger partial charge on any atom is -0.494 e. The van der Waals surface area contributed by atoms with Gasteiger partial charge < -0.3 is 28.1 Å². The van der Waals surface area contributed by atoms with Gasteiger partial charge in [0.05, 0.1) is 33.5 Å². The first-order valence-electron chi connectivity index (χ1n) is 10.6. The Morgan fingerprint density at radius 2 is 1.64 bits per heavy atom. The van der Waals surface area contributed by atoms with E-state index in [1.165, 1.54) is 21.3 Å². The number of hydrogen-bond acceptors (Lipinski definition) is 9. The summed E-state index contributed by atoms with van der Waals surface area (Å²) < 4.78 is 32.6. The zero-order valence-electron chi connectivity index (χ0n) is 19.3. The molecule has 176 valence electrons. The van der Waals surface area contributed by atoms with Crippen molar-refractivity contribution >= 4 is 5.97 Å². The number of unbranched alkanes of at least 4 members (excludes halogenated alkanes) is 2. The van der Waals surface area contributed by atoms with Gasteiger partial charge in [0.25, 0.3) is 5.89 Å². The van der Waals surface area contributed by atoms with E-state index >= 15 is 0 Å². The molecule has 0 fully saturated rings. The van der Waals surface area contributed by atoms with Gasteiger partial charge in [-0.2, -0.15) is 0 Å². The lowest BCUT2D eigenvalue weighted by molar-refractivity contribution is 0.0438. The van der Waals surface area contributed by atoms with Gasteiger partial charge in [0.15, 0.2) is 18.1 Å². The van der Waals surface area contributed by atoms with Gasteiger partial charge in [-0.05, 0) is 42.8 Å². The fourth-order valence-electron chi connectivity index (χ4n) is 3.07. The Hall–Kier alpha value is -3.75. The molecule has 0 radical (unpaired) electrons. The average molecular weight is 456 g/mol. The Balaban J connectivity index is 1.60. The lowest BCUT2D eigenvalue weighted by Crippen LogP contribution is -2.05. The highest BCUT2D eigenvalue weighted by Crippen LogP contribution is 2.40. The first-order chi connectivity index (χ1) is 16.1. The van der Waals surface area contributed by atoms with Crippen LogP contribution in [0.5, 0.6) is 23.0 Å². The molecular formula is C24H28N2O7. The monoisotopic (exact) mass is 456 g/mol. The number of ether oxygens (including phenoxy) is 5. The van der Waals surface area contributed by atoms with E-state index in [2.05, 4.69) is 17.1 Å². The lowest BCUT2D eigenvalue weighted by atomic mass is 10.2. The molecule has 0 aliphatic rings. The molecule has 0 atom stereocenters. The Labute approximate surface area is 192 Å². The minimum absolute atomic E-state index is 0.156. The zero-order valence-corrected chi connectivity index (χ0v) is 19.3. The number of rotatable bonds is 12. The van der Waals surface area contributed by atoms with Crippen LogP contribution in [-0.2, 0) is 11.3 Å². The molecule has 0 aliphatic carbocycles. The smallest absolute Gasteiger partial charge is 0.338 e.